The number of aromatic nitrogens is 3. The summed E-state index contributed by atoms with van der Waals surface area (Å²) in [4.78, 5) is 20.3. The lowest BCUT2D eigenvalue weighted by Crippen LogP contribution is -2.39. The van der Waals surface area contributed by atoms with Gasteiger partial charge in [0.1, 0.15) is 11.4 Å². The molecule has 1 aliphatic rings. The monoisotopic (exact) mass is 372 g/mol. The summed E-state index contributed by atoms with van der Waals surface area (Å²) in [5.41, 5.74) is -0.472. The Labute approximate surface area is 159 Å². The lowest BCUT2D eigenvalue weighted by Gasteiger charge is -2.35. The summed E-state index contributed by atoms with van der Waals surface area (Å²) < 4.78 is 11.1. The van der Waals surface area contributed by atoms with Gasteiger partial charge in [-0.3, -0.25) is 4.79 Å². The number of pyridine rings is 1. The quantitative estimate of drug-likeness (QED) is 0.530. The van der Waals surface area contributed by atoms with E-state index in [0.29, 0.717) is 12.3 Å². The summed E-state index contributed by atoms with van der Waals surface area (Å²) in [6.45, 7) is 2.33. The van der Waals surface area contributed by atoms with Crippen molar-refractivity contribution >= 4 is 11.8 Å². The highest BCUT2D eigenvalue weighted by Crippen LogP contribution is 2.34. The van der Waals surface area contributed by atoms with Crippen molar-refractivity contribution in [3.8, 4) is 0 Å². The van der Waals surface area contributed by atoms with Crippen LogP contribution in [0.3, 0.4) is 0 Å². The van der Waals surface area contributed by atoms with Crippen molar-refractivity contribution in [3.63, 3.8) is 0 Å². The molecule has 1 N–H and O–H groups in total. The average molecular weight is 372 g/mol. The fourth-order valence-corrected chi connectivity index (χ4v) is 3.65. The summed E-state index contributed by atoms with van der Waals surface area (Å²) >= 11 is 0. The van der Waals surface area contributed by atoms with E-state index in [9.17, 15) is 4.79 Å². The molecule has 0 unspecified atom stereocenters. The Hall–Kier alpha value is -2.44. The van der Waals surface area contributed by atoms with Gasteiger partial charge >= 0.3 is 5.97 Å². The van der Waals surface area contributed by atoms with E-state index in [1.165, 1.54) is 13.3 Å². The number of hydrogen-bond donors (Lipinski definition) is 1. The SMILES string of the molecule is CC(=O)OC1(Cc2nc(CCCCNc3ccccn3)no2)CCCCC1. The van der Waals surface area contributed by atoms with Gasteiger partial charge in [0.15, 0.2) is 5.82 Å². The molecular weight excluding hydrogens is 344 g/mol. The molecule has 3 rings (SSSR count). The van der Waals surface area contributed by atoms with Crippen LogP contribution in [0.15, 0.2) is 28.9 Å². The summed E-state index contributed by atoms with van der Waals surface area (Å²) in [5.74, 6) is 1.94. The van der Waals surface area contributed by atoms with Gasteiger partial charge in [-0.2, -0.15) is 4.98 Å². The van der Waals surface area contributed by atoms with Crippen LogP contribution in [0.1, 0.15) is 63.6 Å². The minimum absolute atomic E-state index is 0.239. The predicted octanol–water partition coefficient (Wildman–Crippen LogP) is 3.71. The number of anilines is 1. The maximum Gasteiger partial charge on any atom is 0.303 e. The molecule has 0 spiro atoms. The molecule has 0 radical (unpaired) electrons. The molecule has 27 heavy (non-hydrogen) atoms. The first-order valence-electron chi connectivity index (χ1n) is 9.81. The van der Waals surface area contributed by atoms with Gasteiger partial charge in [0.25, 0.3) is 0 Å². The third-order valence-electron chi connectivity index (χ3n) is 4.91. The zero-order chi connectivity index (χ0) is 19.0. The first kappa shape index (κ1) is 19.3. The van der Waals surface area contributed by atoms with E-state index < -0.39 is 5.60 Å². The van der Waals surface area contributed by atoms with Crippen LogP contribution in [0.4, 0.5) is 5.82 Å². The van der Waals surface area contributed by atoms with Gasteiger partial charge in [-0.15, -0.1) is 0 Å². The molecule has 1 fully saturated rings. The number of esters is 1. The van der Waals surface area contributed by atoms with E-state index in [2.05, 4.69) is 20.4 Å². The summed E-state index contributed by atoms with van der Waals surface area (Å²) in [7, 11) is 0. The molecule has 2 aromatic heterocycles. The maximum atomic E-state index is 11.5. The van der Waals surface area contributed by atoms with Crippen LogP contribution in [0.2, 0.25) is 0 Å². The van der Waals surface area contributed by atoms with Crippen LogP contribution in [-0.4, -0.2) is 33.2 Å². The number of carbonyl (C=O) groups excluding carboxylic acids is 1. The molecule has 0 amide bonds. The fourth-order valence-electron chi connectivity index (χ4n) is 3.65. The fraction of sp³-hybridized carbons (Fsp3) is 0.600. The minimum atomic E-state index is -0.472. The van der Waals surface area contributed by atoms with E-state index in [0.717, 1.165) is 63.1 Å². The lowest BCUT2D eigenvalue weighted by atomic mass is 9.82. The molecule has 2 heterocycles. The number of nitrogens with one attached hydrogen (secondary N) is 1. The van der Waals surface area contributed by atoms with E-state index in [1.807, 2.05) is 18.2 Å². The maximum absolute atomic E-state index is 11.5. The zero-order valence-corrected chi connectivity index (χ0v) is 15.9. The number of nitrogens with zero attached hydrogens (tertiary/aromatic N) is 3. The summed E-state index contributed by atoms with van der Waals surface area (Å²) in [5, 5.41) is 7.38. The van der Waals surface area contributed by atoms with E-state index in [4.69, 9.17) is 9.26 Å². The number of carbonyl (C=O) groups is 1. The number of unbranched alkanes of at least 4 members (excludes halogenated alkanes) is 1. The van der Waals surface area contributed by atoms with Gasteiger partial charge in [-0.25, -0.2) is 4.98 Å². The Balaban J connectivity index is 1.44. The lowest BCUT2D eigenvalue weighted by molar-refractivity contribution is -0.161. The second-order valence-corrected chi connectivity index (χ2v) is 7.22. The number of aryl methyl sites for hydroxylation is 1. The van der Waals surface area contributed by atoms with Gasteiger partial charge < -0.3 is 14.6 Å². The molecule has 146 valence electrons. The standard InChI is InChI=1S/C20H28N4O3/c1-16(25)26-20(11-5-2-6-12-20)15-19-23-18(24-27-19)10-4-8-14-22-17-9-3-7-13-21-17/h3,7,9,13H,2,4-6,8,10-12,14-15H2,1H3,(H,21,22). The van der Waals surface area contributed by atoms with E-state index in [1.54, 1.807) is 6.20 Å². The second-order valence-electron chi connectivity index (χ2n) is 7.22. The summed E-state index contributed by atoms with van der Waals surface area (Å²) in [6, 6.07) is 5.82. The molecule has 1 saturated carbocycles. The van der Waals surface area contributed by atoms with Crippen LogP contribution >= 0.6 is 0 Å². The van der Waals surface area contributed by atoms with Crippen LogP contribution in [0.5, 0.6) is 0 Å². The molecule has 7 heteroatoms. The Morgan fingerprint density at radius 3 is 2.85 bits per heavy atom. The largest absolute Gasteiger partial charge is 0.459 e. The van der Waals surface area contributed by atoms with Crippen molar-refractivity contribution in [1.29, 1.82) is 0 Å². The molecule has 0 atom stereocenters. The van der Waals surface area contributed by atoms with Crippen molar-refractivity contribution in [1.82, 2.24) is 15.1 Å². The highest BCUT2D eigenvalue weighted by molar-refractivity contribution is 5.66. The molecule has 0 aromatic carbocycles. The number of hydrogen-bond acceptors (Lipinski definition) is 7. The van der Waals surface area contributed by atoms with Gasteiger partial charge in [0.05, 0.1) is 6.42 Å². The van der Waals surface area contributed by atoms with E-state index in [-0.39, 0.29) is 5.97 Å². The number of rotatable bonds is 9. The third kappa shape index (κ3) is 6.05. The van der Waals surface area contributed by atoms with Crippen LogP contribution in [-0.2, 0) is 22.4 Å². The van der Waals surface area contributed by atoms with Crippen molar-refractivity contribution < 1.29 is 14.1 Å². The average Bonchev–Trinajstić information content (AvgIpc) is 3.09. The number of ether oxygens (including phenoxy) is 1. The molecule has 0 aliphatic heterocycles. The molecule has 7 nitrogen and oxygen atoms in total. The van der Waals surface area contributed by atoms with Gasteiger partial charge in [-0.05, 0) is 50.7 Å². The molecular formula is C20H28N4O3. The predicted molar refractivity (Wildman–Crippen MR) is 101 cm³/mol. The van der Waals surface area contributed by atoms with Crippen molar-refractivity contribution in [2.75, 3.05) is 11.9 Å². The molecule has 0 saturated heterocycles. The first-order valence-corrected chi connectivity index (χ1v) is 9.81. The van der Waals surface area contributed by atoms with Gasteiger partial charge in [0, 0.05) is 26.1 Å². The minimum Gasteiger partial charge on any atom is -0.459 e. The van der Waals surface area contributed by atoms with Crippen LogP contribution in [0, 0.1) is 0 Å². The topological polar surface area (TPSA) is 90.1 Å². The van der Waals surface area contributed by atoms with Crippen LogP contribution in [0.25, 0.3) is 0 Å². The Morgan fingerprint density at radius 2 is 2.11 bits per heavy atom. The first-order chi connectivity index (χ1) is 13.2. The second kappa shape index (κ2) is 9.48. The Kier molecular flexibility index (Phi) is 6.79. The van der Waals surface area contributed by atoms with Crippen molar-refractivity contribution in [2.24, 2.45) is 0 Å². The van der Waals surface area contributed by atoms with Gasteiger partial charge in [-0.1, -0.05) is 17.6 Å². The van der Waals surface area contributed by atoms with Crippen molar-refractivity contribution in [3.05, 3.63) is 36.1 Å². The smallest absolute Gasteiger partial charge is 0.303 e. The highest BCUT2D eigenvalue weighted by Gasteiger charge is 2.37. The summed E-state index contributed by atoms with van der Waals surface area (Å²) in [6.07, 6.45) is 10.1. The molecule has 0 bridgehead atoms. The third-order valence-corrected chi connectivity index (χ3v) is 4.91. The van der Waals surface area contributed by atoms with Crippen LogP contribution < -0.4 is 5.32 Å². The highest BCUT2D eigenvalue weighted by atomic mass is 16.6. The normalized spacial score (nSPS) is 16.0. The van der Waals surface area contributed by atoms with Gasteiger partial charge in [0.2, 0.25) is 5.89 Å². The zero-order valence-electron chi connectivity index (χ0n) is 15.9. The molecule has 1 aliphatic carbocycles. The Morgan fingerprint density at radius 1 is 1.26 bits per heavy atom. The van der Waals surface area contributed by atoms with E-state index >= 15 is 0 Å². The van der Waals surface area contributed by atoms with Crippen molar-refractivity contribution in [2.45, 2.75) is 70.3 Å². The Bertz CT molecular complexity index is 711. The molecule has 2 aromatic rings.